The molecule has 1 aliphatic heterocycles. The van der Waals surface area contributed by atoms with Crippen molar-refractivity contribution < 1.29 is 9.21 Å². The zero-order valence-corrected chi connectivity index (χ0v) is 13.9. The van der Waals surface area contributed by atoms with Crippen LogP contribution in [0.3, 0.4) is 0 Å². The highest BCUT2D eigenvalue weighted by Gasteiger charge is 2.32. The first-order valence-electron chi connectivity index (χ1n) is 8.45. The quantitative estimate of drug-likeness (QED) is 0.847. The molecular weight excluding hydrogens is 290 g/mol. The van der Waals surface area contributed by atoms with Crippen LogP contribution >= 0.6 is 0 Å². The molecule has 1 aliphatic rings. The van der Waals surface area contributed by atoms with Crippen LogP contribution in [0.4, 0.5) is 0 Å². The Kier molecular flexibility index (Phi) is 4.84. The van der Waals surface area contributed by atoms with Crippen LogP contribution in [0.25, 0.3) is 0 Å². The molecule has 0 bridgehead atoms. The van der Waals surface area contributed by atoms with E-state index in [1.807, 2.05) is 34.7 Å². The molecule has 23 heavy (non-hydrogen) atoms. The van der Waals surface area contributed by atoms with Crippen molar-refractivity contribution in [1.82, 2.24) is 14.5 Å². The topological polar surface area (TPSA) is 51.3 Å². The van der Waals surface area contributed by atoms with E-state index >= 15 is 0 Å². The standard InChI is InChI=1S/C18H25N3O2/c1-14-7-10-21(16(12-14)17-6-5-15(2)23-17)18(22)4-3-9-20-11-8-19-13-20/h5-6,8,11,13-14,16H,3-4,7,9-10,12H2,1-2H3/t14-,16-/m0/s1. The summed E-state index contributed by atoms with van der Waals surface area (Å²) in [6.45, 7) is 5.87. The van der Waals surface area contributed by atoms with Gasteiger partial charge in [-0.3, -0.25) is 4.79 Å². The van der Waals surface area contributed by atoms with Crippen LogP contribution in [0.15, 0.2) is 35.3 Å². The van der Waals surface area contributed by atoms with E-state index in [0.717, 1.165) is 43.9 Å². The minimum atomic E-state index is 0.0909. The lowest BCUT2D eigenvalue weighted by Crippen LogP contribution is -2.40. The molecule has 124 valence electrons. The number of rotatable bonds is 5. The van der Waals surface area contributed by atoms with Crippen molar-refractivity contribution in [2.45, 2.75) is 52.1 Å². The van der Waals surface area contributed by atoms with Crippen molar-refractivity contribution in [3.63, 3.8) is 0 Å². The molecule has 5 nitrogen and oxygen atoms in total. The lowest BCUT2D eigenvalue weighted by molar-refractivity contribution is -0.136. The molecule has 0 unspecified atom stereocenters. The molecule has 0 spiro atoms. The fraction of sp³-hybridized carbons (Fsp3) is 0.556. The number of amides is 1. The van der Waals surface area contributed by atoms with E-state index in [-0.39, 0.29) is 11.9 Å². The number of likely N-dealkylation sites (tertiary alicyclic amines) is 1. The van der Waals surface area contributed by atoms with Crippen molar-refractivity contribution in [3.8, 4) is 0 Å². The van der Waals surface area contributed by atoms with E-state index in [2.05, 4.69) is 11.9 Å². The average Bonchev–Trinajstić information content (AvgIpc) is 3.18. The minimum Gasteiger partial charge on any atom is -0.464 e. The van der Waals surface area contributed by atoms with Crippen LogP contribution in [0, 0.1) is 12.8 Å². The van der Waals surface area contributed by atoms with Gasteiger partial charge in [0.05, 0.1) is 12.4 Å². The maximum atomic E-state index is 12.7. The van der Waals surface area contributed by atoms with Gasteiger partial charge >= 0.3 is 0 Å². The number of hydrogen-bond donors (Lipinski definition) is 0. The molecule has 0 saturated carbocycles. The third-order valence-electron chi connectivity index (χ3n) is 4.64. The molecule has 3 rings (SSSR count). The van der Waals surface area contributed by atoms with Gasteiger partial charge in [-0.25, -0.2) is 4.98 Å². The third-order valence-corrected chi connectivity index (χ3v) is 4.64. The second-order valence-electron chi connectivity index (χ2n) is 6.58. The fourth-order valence-corrected chi connectivity index (χ4v) is 3.32. The Balaban J connectivity index is 1.62. The Bertz CT molecular complexity index is 632. The molecule has 1 fully saturated rings. The predicted octanol–water partition coefficient (Wildman–Crippen LogP) is 3.56. The van der Waals surface area contributed by atoms with E-state index in [4.69, 9.17) is 4.42 Å². The van der Waals surface area contributed by atoms with Crippen LogP contribution in [-0.2, 0) is 11.3 Å². The molecule has 5 heteroatoms. The normalized spacial score (nSPS) is 21.6. The van der Waals surface area contributed by atoms with Crippen LogP contribution in [-0.4, -0.2) is 26.9 Å². The first-order valence-corrected chi connectivity index (χ1v) is 8.45. The van der Waals surface area contributed by atoms with Crippen LogP contribution in [0.2, 0.25) is 0 Å². The summed E-state index contributed by atoms with van der Waals surface area (Å²) in [6, 6.07) is 4.09. The molecular formula is C18H25N3O2. The Morgan fingerprint density at radius 3 is 3.00 bits per heavy atom. The highest BCUT2D eigenvalue weighted by Crippen LogP contribution is 2.35. The van der Waals surface area contributed by atoms with Crippen molar-refractivity contribution in [2.75, 3.05) is 6.54 Å². The van der Waals surface area contributed by atoms with E-state index in [1.165, 1.54) is 0 Å². The van der Waals surface area contributed by atoms with Gasteiger partial charge in [0, 0.05) is 31.9 Å². The number of carbonyl (C=O) groups excluding carboxylic acids is 1. The smallest absolute Gasteiger partial charge is 0.223 e. The molecule has 1 saturated heterocycles. The van der Waals surface area contributed by atoms with Crippen LogP contribution in [0.5, 0.6) is 0 Å². The zero-order chi connectivity index (χ0) is 16.2. The predicted molar refractivity (Wildman–Crippen MR) is 87.8 cm³/mol. The zero-order valence-electron chi connectivity index (χ0n) is 13.9. The van der Waals surface area contributed by atoms with Gasteiger partial charge in [-0.05, 0) is 44.2 Å². The Morgan fingerprint density at radius 2 is 2.30 bits per heavy atom. The van der Waals surface area contributed by atoms with Gasteiger partial charge in [0.25, 0.3) is 0 Å². The number of aromatic nitrogens is 2. The highest BCUT2D eigenvalue weighted by molar-refractivity contribution is 5.76. The van der Waals surface area contributed by atoms with Gasteiger partial charge in [-0.15, -0.1) is 0 Å². The van der Waals surface area contributed by atoms with E-state index < -0.39 is 0 Å². The average molecular weight is 315 g/mol. The van der Waals surface area contributed by atoms with Crippen molar-refractivity contribution in [2.24, 2.45) is 5.92 Å². The Morgan fingerprint density at radius 1 is 1.43 bits per heavy atom. The lowest BCUT2D eigenvalue weighted by atomic mass is 9.90. The summed E-state index contributed by atoms with van der Waals surface area (Å²) in [5.74, 6) is 2.69. The van der Waals surface area contributed by atoms with E-state index in [0.29, 0.717) is 12.3 Å². The maximum absolute atomic E-state index is 12.7. The van der Waals surface area contributed by atoms with E-state index in [9.17, 15) is 4.79 Å². The van der Waals surface area contributed by atoms with Gasteiger partial charge in [0.15, 0.2) is 0 Å². The third kappa shape index (κ3) is 3.84. The molecule has 2 aromatic heterocycles. The largest absolute Gasteiger partial charge is 0.464 e. The highest BCUT2D eigenvalue weighted by atomic mass is 16.3. The van der Waals surface area contributed by atoms with Gasteiger partial charge in [-0.1, -0.05) is 6.92 Å². The van der Waals surface area contributed by atoms with Crippen molar-refractivity contribution in [3.05, 3.63) is 42.4 Å². The summed E-state index contributed by atoms with van der Waals surface area (Å²) in [5, 5.41) is 0. The summed E-state index contributed by atoms with van der Waals surface area (Å²) in [5.41, 5.74) is 0. The first kappa shape index (κ1) is 15.8. The molecule has 0 N–H and O–H groups in total. The molecule has 0 radical (unpaired) electrons. The fourth-order valence-electron chi connectivity index (χ4n) is 3.32. The summed E-state index contributed by atoms with van der Waals surface area (Å²) < 4.78 is 7.82. The lowest BCUT2D eigenvalue weighted by Gasteiger charge is -2.37. The van der Waals surface area contributed by atoms with Crippen molar-refractivity contribution in [1.29, 1.82) is 0 Å². The summed E-state index contributed by atoms with van der Waals surface area (Å²) in [6.07, 6.45) is 8.96. The van der Waals surface area contributed by atoms with Crippen LogP contribution in [0.1, 0.15) is 50.2 Å². The summed E-state index contributed by atoms with van der Waals surface area (Å²) in [7, 11) is 0. The summed E-state index contributed by atoms with van der Waals surface area (Å²) in [4.78, 5) is 18.7. The molecule has 0 aliphatic carbocycles. The monoisotopic (exact) mass is 315 g/mol. The first-order chi connectivity index (χ1) is 11.1. The second-order valence-corrected chi connectivity index (χ2v) is 6.58. The molecule has 0 aromatic carbocycles. The van der Waals surface area contributed by atoms with Crippen molar-refractivity contribution >= 4 is 5.91 Å². The number of piperidine rings is 1. The Hall–Kier alpha value is -2.04. The minimum absolute atomic E-state index is 0.0909. The van der Waals surface area contributed by atoms with Gasteiger partial charge < -0.3 is 13.9 Å². The number of carbonyl (C=O) groups is 1. The number of hydrogen-bond acceptors (Lipinski definition) is 3. The van der Waals surface area contributed by atoms with Gasteiger partial charge in [0.1, 0.15) is 11.5 Å². The molecule has 1 amide bonds. The SMILES string of the molecule is Cc1ccc([C@@H]2C[C@@H](C)CCN2C(=O)CCCn2ccnc2)o1. The maximum Gasteiger partial charge on any atom is 0.223 e. The molecule has 3 heterocycles. The molecule has 2 aromatic rings. The Labute approximate surface area is 137 Å². The van der Waals surface area contributed by atoms with Gasteiger partial charge in [0.2, 0.25) is 5.91 Å². The second kappa shape index (κ2) is 7.02. The number of furan rings is 1. The van der Waals surface area contributed by atoms with Crippen LogP contribution < -0.4 is 0 Å². The summed E-state index contributed by atoms with van der Waals surface area (Å²) >= 11 is 0. The van der Waals surface area contributed by atoms with Gasteiger partial charge in [-0.2, -0.15) is 0 Å². The number of nitrogens with zero attached hydrogens (tertiary/aromatic N) is 3. The van der Waals surface area contributed by atoms with E-state index in [1.54, 1.807) is 12.5 Å². The number of imidazole rings is 1. The number of aryl methyl sites for hydroxylation is 2. The molecule has 2 atom stereocenters.